The molecular formula is C34H37N7O7S2. The van der Waals surface area contributed by atoms with Crippen molar-refractivity contribution >= 4 is 59.7 Å². The highest BCUT2D eigenvalue weighted by Crippen LogP contribution is 2.26. The predicted molar refractivity (Wildman–Crippen MR) is 192 cm³/mol. The molecule has 0 bridgehead atoms. The number of rotatable bonds is 16. The molecule has 50 heavy (non-hydrogen) atoms. The van der Waals surface area contributed by atoms with Crippen molar-refractivity contribution < 1.29 is 26.6 Å². The van der Waals surface area contributed by atoms with Crippen molar-refractivity contribution in [2.75, 3.05) is 14.9 Å². The maximum Gasteiger partial charge on any atom is 0.361 e. The second kappa shape index (κ2) is 15.8. The number of nitro groups is 1. The fraction of sp³-hybridized carbons (Fsp3) is 0.235. The molecule has 4 N–H and O–H groups in total. The number of carbonyl (C=O) groups excluding carboxylic acids is 1. The van der Waals surface area contributed by atoms with Gasteiger partial charge in [-0.05, 0) is 79.1 Å². The minimum atomic E-state index is -4.11. The molecule has 14 nitrogen and oxygen atoms in total. The summed E-state index contributed by atoms with van der Waals surface area (Å²) in [5.74, 6) is 0. The van der Waals surface area contributed by atoms with Crippen LogP contribution in [0.25, 0.3) is 10.9 Å². The van der Waals surface area contributed by atoms with Gasteiger partial charge in [0, 0.05) is 11.8 Å². The van der Waals surface area contributed by atoms with Gasteiger partial charge in [0.2, 0.25) is 0 Å². The summed E-state index contributed by atoms with van der Waals surface area (Å²) in [5.41, 5.74) is 6.93. The Morgan fingerprint density at radius 2 is 1.40 bits per heavy atom. The van der Waals surface area contributed by atoms with Crippen LogP contribution < -0.4 is 20.3 Å². The highest BCUT2D eigenvalue weighted by atomic mass is 32.2. The van der Waals surface area contributed by atoms with Crippen LogP contribution in [0.4, 0.5) is 27.5 Å². The van der Waals surface area contributed by atoms with Crippen molar-refractivity contribution in [2.24, 2.45) is 0 Å². The molecule has 16 heteroatoms. The molecule has 262 valence electrons. The Balaban J connectivity index is 1.16. The lowest BCUT2D eigenvalue weighted by molar-refractivity contribution is -0.383. The van der Waals surface area contributed by atoms with Crippen LogP contribution >= 0.6 is 0 Å². The van der Waals surface area contributed by atoms with E-state index in [-0.39, 0.29) is 37.8 Å². The van der Waals surface area contributed by atoms with Crippen molar-refractivity contribution in [3.63, 3.8) is 0 Å². The lowest BCUT2D eigenvalue weighted by atomic mass is 10.1. The fourth-order valence-corrected chi connectivity index (χ4v) is 7.41. The molecule has 5 aromatic rings. The van der Waals surface area contributed by atoms with E-state index in [0.717, 1.165) is 29.5 Å². The summed E-state index contributed by atoms with van der Waals surface area (Å²) in [6.45, 7) is 2.18. The molecule has 0 aliphatic carbocycles. The van der Waals surface area contributed by atoms with E-state index < -0.39 is 31.0 Å². The number of hydrogen-bond acceptors (Lipinski definition) is 9. The van der Waals surface area contributed by atoms with Gasteiger partial charge < -0.3 is 0 Å². The number of anilines is 3. The van der Waals surface area contributed by atoms with Gasteiger partial charge in [0.1, 0.15) is 0 Å². The fourth-order valence-electron chi connectivity index (χ4n) is 5.26. The van der Waals surface area contributed by atoms with E-state index in [4.69, 9.17) is 0 Å². The molecule has 5 rings (SSSR count). The average Bonchev–Trinajstić information content (AvgIpc) is 3.54. The maximum absolute atomic E-state index is 13.2. The second-order valence-corrected chi connectivity index (χ2v) is 14.9. The summed E-state index contributed by atoms with van der Waals surface area (Å²) in [5, 5.41) is 15.4. The molecule has 0 atom stereocenters. The number of unbranched alkanes of at least 4 members (excludes halogenated alkanes) is 5. The third-order valence-corrected chi connectivity index (χ3v) is 10.7. The molecule has 0 spiro atoms. The van der Waals surface area contributed by atoms with Crippen LogP contribution in [0.3, 0.4) is 0 Å². The number of hydrogen-bond donors (Lipinski definition) is 4. The number of carbonyl (C=O) groups is 1. The molecule has 0 aliphatic heterocycles. The Hall–Kier alpha value is -5.48. The van der Waals surface area contributed by atoms with Gasteiger partial charge in [-0.3, -0.25) is 25.0 Å². The lowest BCUT2D eigenvalue weighted by Gasteiger charge is -2.13. The van der Waals surface area contributed by atoms with Crippen molar-refractivity contribution in [1.82, 2.24) is 15.2 Å². The number of aromatic nitrogens is 2. The monoisotopic (exact) mass is 719 g/mol. The van der Waals surface area contributed by atoms with Gasteiger partial charge in [-0.1, -0.05) is 63.3 Å². The normalized spacial score (nSPS) is 11.6. The zero-order valence-electron chi connectivity index (χ0n) is 27.2. The molecule has 0 fully saturated rings. The SMILES string of the molecule is CCCCCCCCc1ccc(S(=O)(=O)Nc2cccc(S(=O)(=O)Nc3ccc(NNC(=O)n4ncc5c([N+](=O)[O-])cccc54)cc3)c2)cc1. The molecule has 0 saturated carbocycles. The van der Waals surface area contributed by atoms with Crippen LogP contribution in [-0.2, 0) is 26.5 Å². The zero-order valence-corrected chi connectivity index (χ0v) is 28.8. The third kappa shape index (κ3) is 8.95. The van der Waals surface area contributed by atoms with Crippen molar-refractivity contribution in [3.8, 4) is 0 Å². The number of non-ortho nitro benzene ring substituents is 1. The van der Waals surface area contributed by atoms with Crippen molar-refractivity contribution in [1.29, 1.82) is 0 Å². The molecule has 4 aromatic carbocycles. The van der Waals surface area contributed by atoms with Gasteiger partial charge in [0.05, 0.1) is 43.2 Å². The number of fused-ring (bicyclic) bond motifs is 1. The van der Waals surface area contributed by atoms with E-state index in [2.05, 4.69) is 32.3 Å². The lowest BCUT2D eigenvalue weighted by Crippen LogP contribution is -2.33. The molecule has 0 saturated heterocycles. The zero-order chi connectivity index (χ0) is 35.7. The van der Waals surface area contributed by atoms with E-state index in [9.17, 15) is 31.7 Å². The van der Waals surface area contributed by atoms with Gasteiger partial charge in [-0.25, -0.2) is 27.1 Å². The number of aryl methyl sites for hydroxylation is 1. The topological polar surface area (TPSA) is 194 Å². The molecule has 0 radical (unpaired) electrons. The summed E-state index contributed by atoms with van der Waals surface area (Å²) in [6, 6.07) is 21.7. The highest BCUT2D eigenvalue weighted by Gasteiger charge is 2.20. The van der Waals surface area contributed by atoms with Crippen LogP contribution in [0.15, 0.2) is 107 Å². The van der Waals surface area contributed by atoms with E-state index >= 15 is 0 Å². The Bertz CT molecular complexity index is 2190. The Labute approximate surface area is 290 Å². The maximum atomic E-state index is 13.2. The van der Waals surface area contributed by atoms with Crippen LogP contribution in [-0.4, -0.2) is 37.6 Å². The van der Waals surface area contributed by atoms with Crippen LogP contribution in [0, 0.1) is 10.1 Å². The summed E-state index contributed by atoms with van der Waals surface area (Å²) < 4.78 is 58.4. The molecule has 0 unspecified atom stereocenters. The highest BCUT2D eigenvalue weighted by molar-refractivity contribution is 7.93. The van der Waals surface area contributed by atoms with Crippen molar-refractivity contribution in [2.45, 2.75) is 61.7 Å². The Morgan fingerprint density at radius 3 is 2.12 bits per heavy atom. The number of nitrogens with one attached hydrogen (secondary N) is 4. The third-order valence-electron chi connectivity index (χ3n) is 7.88. The number of amides is 1. The molecular weight excluding hydrogens is 683 g/mol. The summed E-state index contributed by atoms with van der Waals surface area (Å²) >= 11 is 0. The molecule has 1 amide bonds. The van der Waals surface area contributed by atoms with Crippen molar-refractivity contribution in [3.05, 3.63) is 113 Å². The first-order valence-electron chi connectivity index (χ1n) is 16.0. The predicted octanol–water partition coefficient (Wildman–Crippen LogP) is 7.03. The van der Waals surface area contributed by atoms with Crippen LogP contribution in [0.2, 0.25) is 0 Å². The second-order valence-electron chi connectivity index (χ2n) is 11.6. The number of hydrazine groups is 1. The molecule has 1 heterocycles. The molecule has 1 aromatic heterocycles. The Morgan fingerprint density at radius 1 is 0.760 bits per heavy atom. The Kier molecular flexibility index (Phi) is 11.3. The minimum Gasteiger partial charge on any atom is -0.297 e. The van der Waals surface area contributed by atoms with E-state index in [1.54, 1.807) is 24.3 Å². The number of benzene rings is 4. The van der Waals surface area contributed by atoms with Gasteiger partial charge in [-0.2, -0.15) is 9.78 Å². The van der Waals surface area contributed by atoms with E-state index in [0.29, 0.717) is 5.69 Å². The van der Waals surface area contributed by atoms with Crippen LogP contribution in [0.1, 0.15) is 51.0 Å². The average molecular weight is 720 g/mol. The first-order valence-corrected chi connectivity index (χ1v) is 19.0. The smallest absolute Gasteiger partial charge is 0.297 e. The largest absolute Gasteiger partial charge is 0.361 e. The number of nitrogens with zero attached hydrogens (tertiary/aromatic N) is 3. The summed E-state index contributed by atoms with van der Waals surface area (Å²) in [4.78, 5) is 23.3. The quantitative estimate of drug-likeness (QED) is 0.0470. The first kappa shape index (κ1) is 35.8. The van der Waals surface area contributed by atoms with Gasteiger partial charge in [0.25, 0.3) is 25.7 Å². The van der Waals surface area contributed by atoms with Gasteiger partial charge in [-0.15, -0.1) is 0 Å². The van der Waals surface area contributed by atoms with Gasteiger partial charge >= 0.3 is 6.03 Å². The van der Waals surface area contributed by atoms with Crippen LogP contribution in [0.5, 0.6) is 0 Å². The standard InChI is InChI=1S/C34H37N7O7S2/c1-2-3-4-5-6-7-10-25-15-21-29(22-16-25)49(45,46)39-28-11-8-12-30(23-28)50(47,48)38-27-19-17-26(18-20-27)36-37-34(42)40-32-13-9-14-33(41(43)44)31(32)24-35-40/h8-9,11-24,36,38-39H,2-7,10H2,1H3,(H,37,42). The molecule has 0 aliphatic rings. The summed E-state index contributed by atoms with van der Waals surface area (Å²) in [7, 11) is -8.08. The van der Waals surface area contributed by atoms with E-state index in [1.165, 1.54) is 98.6 Å². The first-order chi connectivity index (χ1) is 24.0. The number of nitro benzene ring substituents is 1. The van der Waals surface area contributed by atoms with E-state index in [1.807, 2.05) is 0 Å². The summed E-state index contributed by atoms with van der Waals surface area (Å²) in [6.07, 6.45) is 9.17. The van der Waals surface area contributed by atoms with Gasteiger partial charge in [0.15, 0.2) is 0 Å². The minimum absolute atomic E-state index is 0.0717. The number of sulfonamides is 2.